The number of ether oxygens (including phenoxy) is 3. The maximum Gasteiger partial charge on any atom is 0.291 e. The van der Waals surface area contributed by atoms with Gasteiger partial charge < -0.3 is 14.2 Å². The number of rotatable bonds is 4. The monoisotopic (exact) mass is 363 g/mol. The van der Waals surface area contributed by atoms with Crippen LogP contribution in [-0.2, 0) is 0 Å². The van der Waals surface area contributed by atoms with Gasteiger partial charge in [-0.05, 0) is 29.0 Å². The fourth-order valence-corrected chi connectivity index (χ4v) is 3.34. The predicted molar refractivity (Wildman–Crippen MR) is 102 cm³/mol. The summed E-state index contributed by atoms with van der Waals surface area (Å²) in [5, 5.41) is 13.7. The van der Waals surface area contributed by atoms with Gasteiger partial charge in [-0.1, -0.05) is 36.4 Å². The van der Waals surface area contributed by atoms with E-state index in [4.69, 9.17) is 14.2 Å². The highest BCUT2D eigenvalue weighted by molar-refractivity contribution is 5.93. The molecule has 0 saturated carbocycles. The van der Waals surface area contributed by atoms with Crippen LogP contribution in [0.3, 0.4) is 0 Å². The molecule has 1 heterocycles. The van der Waals surface area contributed by atoms with Crippen molar-refractivity contribution in [2.45, 2.75) is 6.10 Å². The van der Waals surface area contributed by atoms with Gasteiger partial charge in [0.15, 0.2) is 11.5 Å². The quantitative estimate of drug-likeness (QED) is 0.500. The van der Waals surface area contributed by atoms with E-state index in [0.717, 1.165) is 16.3 Å². The van der Waals surface area contributed by atoms with Crippen LogP contribution in [0.2, 0.25) is 0 Å². The Hall–Kier alpha value is -3.54. The molecule has 27 heavy (non-hydrogen) atoms. The molecule has 0 spiro atoms. The van der Waals surface area contributed by atoms with E-state index in [2.05, 4.69) is 0 Å². The molecule has 6 nitrogen and oxygen atoms in total. The molecule has 4 rings (SSSR count). The minimum absolute atomic E-state index is 0.0222. The summed E-state index contributed by atoms with van der Waals surface area (Å²) < 4.78 is 16.6. The van der Waals surface area contributed by atoms with Crippen LogP contribution >= 0.6 is 0 Å². The van der Waals surface area contributed by atoms with Crippen molar-refractivity contribution in [1.82, 2.24) is 0 Å². The third-order valence-electron chi connectivity index (χ3n) is 4.66. The molecule has 0 aromatic heterocycles. The third kappa shape index (κ3) is 2.85. The summed E-state index contributed by atoms with van der Waals surface area (Å²) in [5.74, 6) is 1.65. The van der Waals surface area contributed by atoms with Gasteiger partial charge in [0.05, 0.1) is 19.1 Å². The first-order chi connectivity index (χ1) is 13.1. The number of benzene rings is 3. The average molecular weight is 363 g/mol. The zero-order chi connectivity index (χ0) is 19.0. The zero-order valence-electron chi connectivity index (χ0n) is 14.8. The lowest BCUT2D eigenvalue weighted by Gasteiger charge is -2.24. The molecule has 0 N–H and O–H groups in total. The highest BCUT2D eigenvalue weighted by Gasteiger charge is 2.34. The Morgan fingerprint density at radius 1 is 1.00 bits per heavy atom. The molecule has 0 amide bonds. The van der Waals surface area contributed by atoms with Crippen LogP contribution in [-0.4, -0.2) is 19.1 Å². The van der Waals surface area contributed by atoms with E-state index in [-0.39, 0.29) is 5.70 Å². The van der Waals surface area contributed by atoms with Crippen LogP contribution in [0.4, 0.5) is 0 Å². The van der Waals surface area contributed by atoms with E-state index >= 15 is 0 Å². The summed E-state index contributed by atoms with van der Waals surface area (Å²) in [6.45, 7) is 0. The van der Waals surface area contributed by atoms with Crippen molar-refractivity contribution < 1.29 is 19.1 Å². The smallest absolute Gasteiger partial charge is 0.291 e. The van der Waals surface area contributed by atoms with Gasteiger partial charge >= 0.3 is 0 Å². The molecule has 1 atom stereocenters. The normalized spacial score (nSPS) is 15.5. The summed E-state index contributed by atoms with van der Waals surface area (Å²) >= 11 is 0. The molecular weight excluding hydrogens is 346 g/mol. The van der Waals surface area contributed by atoms with E-state index in [0.29, 0.717) is 22.8 Å². The van der Waals surface area contributed by atoms with E-state index < -0.39 is 11.0 Å². The topological polar surface area (TPSA) is 70.8 Å². The van der Waals surface area contributed by atoms with Gasteiger partial charge in [0.25, 0.3) is 5.70 Å². The van der Waals surface area contributed by atoms with Crippen molar-refractivity contribution in [3.05, 3.63) is 81.5 Å². The number of methoxy groups -OCH3 is 2. The Kier molecular flexibility index (Phi) is 4.16. The van der Waals surface area contributed by atoms with Gasteiger partial charge in [-0.3, -0.25) is 10.1 Å². The molecule has 3 aromatic carbocycles. The van der Waals surface area contributed by atoms with Crippen molar-refractivity contribution in [2.24, 2.45) is 0 Å². The fourth-order valence-electron chi connectivity index (χ4n) is 3.34. The number of hydrogen-bond acceptors (Lipinski definition) is 5. The van der Waals surface area contributed by atoms with Crippen molar-refractivity contribution in [3.8, 4) is 17.2 Å². The van der Waals surface area contributed by atoms with Crippen molar-refractivity contribution in [2.75, 3.05) is 14.2 Å². The Morgan fingerprint density at radius 2 is 1.78 bits per heavy atom. The molecule has 1 aliphatic heterocycles. The molecule has 0 bridgehead atoms. The van der Waals surface area contributed by atoms with E-state index in [1.807, 2.05) is 36.4 Å². The van der Waals surface area contributed by atoms with Gasteiger partial charge in [-0.15, -0.1) is 0 Å². The first-order valence-electron chi connectivity index (χ1n) is 8.38. The van der Waals surface area contributed by atoms with Crippen LogP contribution in [0.5, 0.6) is 17.2 Å². The molecule has 0 fully saturated rings. The first kappa shape index (κ1) is 16.9. The van der Waals surface area contributed by atoms with Crippen molar-refractivity contribution >= 4 is 16.8 Å². The second-order valence-corrected chi connectivity index (χ2v) is 6.14. The van der Waals surface area contributed by atoms with E-state index in [9.17, 15) is 10.1 Å². The largest absolute Gasteiger partial charge is 0.493 e. The maximum absolute atomic E-state index is 11.8. The highest BCUT2D eigenvalue weighted by Crippen LogP contribution is 2.42. The van der Waals surface area contributed by atoms with Crippen LogP contribution < -0.4 is 14.2 Å². The summed E-state index contributed by atoms with van der Waals surface area (Å²) in [5.41, 5.74) is 1.32. The SMILES string of the molecule is COc1ccc([C@H]2Oc3ccc4ccccc4c3C=C2[N+](=O)[O-])cc1OC. The molecule has 0 unspecified atom stereocenters. The maximum atomic E-state index is 11.8. The van der Waals surface area contributed by atoms with Gasteiger partial charge in [-0.25, -0.2) is 0 Å². The second kappa shape index (κ2) is 6.64. The molecule has 0 aliphatic carbocycles. The minimum atomic E-state index is -0.839. The molecule has 136 valence electrons. The Balaban J connectivity index is 1.86. The lowest BCUT2D eigenvalue weighted by atomic mass is 9.97. The summed E-state index contributed by atoms with van der Waals surface area (Å²) in [6.07, 6.45) is 0.760. The van der Waals surface area contributed by atoms with Gasteiger partial charge in [0, 0.05) is 17.2 Å². The van der Waals surface area contributed by atoms with Crippen molar-refractivity contribution in [3.63, 3.8) is 0 Å². The Morgan fingerprint density at radius 3 is 2.52 bits per heavy atom. The van der Waals surface area contributed by atoms with Crippen LogP contribution in [0.25, 0.3) is 16.8 Å². The van der Waals surface area contributed by atoms with Crippen molar-refractivity contribution in [1.29, 1.82) is 0 Å². The summed E-state index contributed by atoms with van der Waals surface area (Å²) in [4.78, 5) is 11.4. The van der Waals surface area contributed by atoms with E-state index in [1.54, 1.807) is 31.4 Å². The van der Waals surface area contributed by atoms with Crippen LogP contribution in [0.15, 0.2) is 60.3 Å². The Bertz CT molecular complexity index is 1070. The fraction of sp³-hybridized carbons (Fsp3) is 0.143. The molecule has 3 aromatic rings. The standard InChI is InChI=1S/C21H17NO5/c1-25-19-10-8-14(11-20(19)26-2)21-17(22(23)24)12-16-15-6-4-3-5-13(15)7-9-18(16)27-21/h3-12,21H,1-2H3/t21-/m1/s1. The highest BCUT2D eigenvalue weighted by atomic mass is 16.6. The van der Waals surface area contributed by atoms with E-state index in [1.165, 1.54) is 7.11 Å². The third-order valence-corrected chi connectivity index (χ3v) is 4.66. The summed E-state index contributed by atoms with van der Waals surface area (Å²) in [6, 6.07) is 16.7. The molecule has 1 aliphatic rings. The number of fused-ring (bicyclic) bond motifs is 3. The lowest BCUT2D eigenvalue weighted by molar-refractivity contribution is -0.434. The van der Waals surface area contributed by atoms with Gasteiger partial charge in [-0.2, -0.15) is 0 Å². The Labute approximate surface area is 155 Å². The second-order valence-electron chi connectivity index (χ2n) is 6.14. The zero-order valence-corrected chi connectivity index (χ0v) is 14.8. The minimum Gasteiger partial charge on any atom is -0.493 e. The number of nitro groups is 1. The molecular formula is C21H17NO5. The molecule has 6 heteroatoms. The predicted octanol–water partition coefficient (Wildman–Crippen LogP) is 4.61. The molecule has 0 radical (unpaired) electrons. The number of hydrogen-bond donors (Lipinski definition) is 0. The molecule has 0 saturated heterocycles. The van der Waals surface area contributed by atoms with Crippen LogP contribution in [0, 0.1) is 10.1 Å². The number of nitrogens with zero attached hydrogens (tertiary/aromatic N) is 1. The lowest BCUT2D eigenvalue weighted by Crippen LogP contribution is -2.20. The van der Waals surface area contributed by atoms with Gasteiger partial charge in [0.2, 0.25) is 6.10 Å². The van der Waals surface area contributed by atoms with Gasteiger partial charge in [0.1, 0.15) is 5.75 Å². The van der Waals surface area contributed by atoms with Crippen LogP contribution in [0.1, 0.15) is 17.2 Å². The summed E-state index contributed by atoms with van der Waals surface area (Å²) in [7, 11) is 3.06. The first-order valence-corrected chi connectivity index (χ1v) is 8.38. The average Bonchev–Trinajstić information content (AvgIpc) is 2.72.